The first-order chi connectivity index (χ1) is 15.2. The molecule has 8 heteroatoms. The van der Waals surface area contributed by atoms with Crippen LogP contribution in [0.25, 0.3) is 20.7 Å². The molecule has 0 unspecified atom stereocenters. The Morgan fingerprint density at radius 2 is 1.90 bits per heavy atom. The van der Waals surface area contributed by atoms with Gasteiger partial charge in [0.05, 0.1) is 12.0 Å². The Balaban J connectivity index is 1.34. The van der Waals surface area contributed by atoms with Crippen LogP contribution in [0, 0.1) is 0 Å². The van der Waals surface area contributed by atoms with E-state index < -0.39 is 0 Å². The predicted octanol–water partition coefficient (Wildman–Crippen LogP) is 4.78. The van der Waals surface area contributed by atoms with Crippen LogP contribution < -0.4 is 9.64 Å². The first-order valence-electron chi connectivity index (χ1n) is 10.3. The van der Waals surface area contributed by atoms with Gasteiger partial charge in [-0.2, -0.15) is 0 Å². The molecule has 1 aliphatic rings. The van der Waals surface area contributed by atoms with Crippen molar-refractivity contribution in [2.24, 2.45) is 0 Å². The highest BCUT2D eigenvalue weighted by Gasteiger charge is 2.28. The third kappa shape index (κ3) is 3.88. The number of carbonyl (C=O) groups excluding carboxylic acids is 1. The van der Waals surface area contributed by atoms with Gasteiger partial charge in [-0.15, -0.1) is 22.7 Å². The fraction of sp³-hybridized carbons (Fsp3) is 0.261. The SMILES string of the molecule is CCOc1cc(-c2ccccc2)sc1C(=O)N1CCN(c2ncnc3sccc23)CC1. The summed E-state index contributed by atoms with van der Waals surface area (Å²) in [5.41, 5.74) is 1.10. The third-order valence-corrected chi connectivity index (χ3v) is 7.33. The number of carbonyl (C=O) groups is 1. The molecule has 4 aromatic rings. The van der Waals surface area contributed by atoms with E-state index in [1.165, 1.54) is 11.3 Å². The lowest BCUT2D eigenvalue weighted by atomic mass is 10.2. The number of anilines is 1. The molecule has 5 rings (SSSR count). The van der Waals surface area contributed by atoms with Crippen LogP contribution in [0.4, 0.5) is 5.82 Å². The molecule has 1 saturated heterocycles. The van der Waals surface area contributed by atoms with Gasteiger partial charge in [-0.3, -0.25) is 4.79 Å². The molecule has 1 amide bonds. The lowest BCUT2D eigenvalue weighted by molar-refractivity contribution is 0.0748. The first kappa shape index (κ1) is 20.0. The number of ether oxygens (including phenoxy) is 1. The lowest BCUT2D eigenvalue weighted by Gasteiger charge is -2.35. The number of nitrogens with zero attached hydrogens (tertiary/aromatic N) is 4. The van der Waals surface area contributed by atoms with Crippen LogP contribution in [0.15, 0.2) is 54.2 Å². The van der Waals surface area contributed by atoms with Crippen LogP contribution in [0.3, 0.4) is 0 Å². The molecule has 1 aliphatic heterocycles. The minimum Gasteiger partial charge on any atom is -0.492 e. The number of amides is 1. The molecular weight excluding hydrogens is 428 g/mol. The lowest BCUT2D eigenvalue weighted by Crippen LogP contribution is -2.49. The van der Waals surface area contributed by atoms with E-state index in [1.54, 1.807) is 17.7 Å². The maximum atomic E-state index is 13.4. The molecule has 0 saturated carbocycles. The fourth-order valence-corrected chi connectivity index (χ4v) is 5.63. The minimum atomic E-state index is 0.0404. The highest BCUT2D eigenvalue weighted by molar-refractivity contribution is 7.17. The van der Waals surface area contributed by atoms with Gasteiger partial charge in [0.1, 0.15) is 27.6 Å². The van der Waals surface area contributed by atoms with Crippen LogP contribution in [0.1, 0.15) is 16.6 Å². The van der Waals surface area contributed by atoms with E-state index in [9.17, 15) is 4.79 Å². The van der Waals surface area contributed by atoms with Gasteiger partial charge in [-0.05, 0) is 30.0 Å². The van der Waals surface area contributed by atoms with Gasteiger partial charge in [0.25, 0.3) is 5.91 Å². The van der Waals surface area contributed by atoms with Gasteiger partial charge in [0.15, 0.2) is 0 Å². The average Bonchev–Trinajstić information content (AvgIpc) is 3.47. The van der Waals surface area contributed by atoms with Crippen molar-refractivity contribution in [2.45, 2.75) is 6.92 Å². The number of thiophene rings is 2. The van der Waals surface area contributed by atoms with E-state index in [-0.39, 0.29) is 5.91 Å². The van der Waals surface area contributed by atoms with Gasteiger partial charge in [0.2, 0.25) is 0 Å². The molecule has 0 N–H and O–H groups in total. The van der Waals surface area contributed by atoms with Crippen molar-refractivity contribution >= 4 is 44.6 Å². The zero-order chi connectivity index (χ0) is 21.2. The minimum absolute atomic E-state index is 0.0404. The number of hydrogen-bond donors (Lipinski definition) is 0. The zero-order valence-corrected chi connectivity index (χ0v) is 18.8. The first-order valence-corrected chi connectivity index (χ1v) is 12.0. The molecule has 0 radical (unpaired) electrons. The van der Waals surface area contributed by atoms with Crippen LogP contribution in [0.2, 0.25) is 0 Å². The standard InChI is InChI=1S/C23H22N4O2S2/c1-2-29-18-14-19(16-6-4-3-5-7-16)31-20(18)23(28)27-11-9-26(10-12-27)21-17-8-13-30-22(17)25-15-24-21/h3-8,13-15H,2,9-12H2,1H3. The number of rotatable bonds is 5. The van der Waals surface area contributed by atoms with Crippen molar-refractivity contribution in [3.63, 3.8) is 0 Å². The Morgan fingerprint density at radius 1 is 1.10 bits per heavy atom. The summed E-state index contributed by atoms with van der Waals surface area (Å²) in [5.74, 6) is 1.67. The second-order valence-corrected chi connectivity index (χ2v) is 9.17. The molecule has 3 aromatic heterocycles. The van der Waals surface area contributed by atoms with E-state index in [4.69, 9.17) is 4.74 Å². The van der Waals surface area contributed by atoms with Gasteiger partial charge in [-0.1, -0.05) is 30.3 Å². The van der Waals surface area contributed by atoms with Crippen LogP contribution in [-0.4, -0.2) is 53.6 Å². The summed E-state index contributed by atoms with van der Waals surface area (Å²) in [6.45, 7) is 5.27. The molecule has 158 valence electrons. The van der Waals surface area contributed by atoms with Crippen LogP contribution >= 0.6 is 22.7 Å². The van der Waals surface area contributed by atoms with Gasteiger partial charge in [0, 0.05) is 31.1 Å². The number of benzene rings is 1. The summed E-state index contributed by atoms with van der Waals surface area (Å²) in [4.78, 5) is 29.1. The van der Waals surface area contributed by atoms with E-state index >= 15 is 0 Å². The Labute approximate surface area is 188 Å². The maximum absolute atomic E-state index is 13.4. The summed E-state index contributed by atoms with van der Waals surface area (Å²) >= 11 is 3.13. The third-order valence-electron chi connectivity index (χ3n) is 5.36. The van der Waals surface area contributed by atoms with E-state index in [0.29, 0.717) is 30.3 Å². The summed E-state index contributed by atoms with van der Waals surface area (Å²) in [6.07, 6.45) is 1.62. The molecule has 6 nitrogen and oxygen atoms in total. The number of aromatic nitrogens is 2. The Morgan fingerprint density at radius 3 is 2.68 bits per heavy atom. The molecule has 1 aromatic carbocycles. The van der Waals surface area contributed by atoms with Crippen molar-refractivity contribution in [1.29, 1.82) is 0 Å². The van der Waals surface area contributed by atoms with Crippen molar-refractivity contribution in [3.8, 4) is 16.2 Å². The Bertz CT molecular complexity index is 1200. The second-order valence-electron chi connectivity index (χ2n) is 7.22. The smallest absolute Gasteiger partial charge is 0.267 e. The fourth-order valence-electron chi connectivity index (χ4n) is 3.82. The summed E-state index contributed by atoms with van der Waals surface area (Å²) in [7, 11) is 0. The molecule has 4 heterocycles. The van der Waals surface area contributed by atoms with Crippen molar-refractivity contribution < 1.29 is 9.53 Å². The maximum Gasteiger partial charge on any atom is 0.267 e. The zero-order valence-electron chi connectivity index (χ0n) is 17.2. The molecule has 0 atom stereocenters. The Hall–Kier alpha value is -2.97. The largest absolute Gasteiger partial charge is 0.492 e. The highest BCUT2D eigenvalue weighted by atomic mass is 32.1. The average molecular weight is 451 g/mol. The topological polar surface area (TPSA) is 58.6 Å². The number of hydrogen-bond acceptors (Lipinski definition) is 7. The van der Waals surface area contributed by atoms with Crippen molar-refractivity contribution in [3.05, 3.63) is 59.0 Å². The Kier molecular flexibility index (Phi) is 5.57. The summed E-state index contributed by atoms with van der Waals surface area (Å²) in [5, 5.41) is 3.12. The molecule has 0 aliphatic carbocycles. The van der Waals surface area contributed by atoms with Crippen molar-refractivity contribution in [1.82, 2.24) is 14.9 Å². The number of piperazine rings is 1. The van der Waals surface area contributed by atoms with Crippen LogP contribution in [-0.2, 0) is 0 Å². The predicted molar refractivity (Wildman–Crippen MR) is 126 cm³/mol. The van der Waals surface area contributed by atoms with E-state index in [1.807, 2.05) is 41.5 Å². The monoisotopic (exact) mass is 450 g/mol. The highest BCUT2D eigenvalue weighted by Crippen LogP contribution is 2.37. The summed E-state index contributed by atoms with van der Waals surface area (Å²) < 4.78 is 5.82. The van der Waals surface area contributed by atoms with Gasteiger partial charge in [-0.25, -0.2) is 9.97 Å². The molecular formula is C23H22N4O2S2. The molecule has 1 fully saturated rings. The van der Waals surface area contributed by atoms with Crippen molar-refractivity contribution in [2.75, 3.05) is 37.7 Å². The van der Waals surface area contributed by atoms with Gasteiger partial charge < -0.3 is 14.5 Å². The second kappa shape index (κ2) is 8.64. The van der Waals surface area contributed by atoms with Gasteiger partial charge >= 0.3 is 0 Å². The molecule has 31 heavy (non-hydrogen) atoms. The molecule has 0 spiro atoms. The number of fused-ring (bicyclic) bond motifs is 1. The van der Waals surface area contributed by atoms with Crippen LogP contribution in [0.5, 0.6) is 5.75 Å². The molecule has 0 bridgehead atoms. The van der Waals surface area contributed by atoms with E-state index in [0.717, 1.165) is 39.6 Å². The normalized spacial score (nSPS) is 14.2. The summed E-state index contributed by atoms with van der Waals surface area (Å²) in [6, 6.07) is 14.2. The van der Waals surface area contributed by atoms with E-state index in [2.05, 4.69) is 33.1 Å². The quantitative estimate of drug-likeness (QED) is 0.438.